The molecule has 196 valence electrons. The number of rotatable bonds is 9. The van der Waals surface area contributed by atoms with Crippen molar-refractivity contribution in [3.05, 3.63) is 77.7 Å². The smallest absolute Gasteiger partial charge is 0.251 e. The van der Waals surface area contributed by atoms with Crippen LogP contribution in [0.1, 0.15) is 35.3 Å². The minimum Gasteiger partial charge on any atom is -0.508 e. The van der Waals surface area contributed by atoms with Crippen molar-refractivity contribution in [3.63, 3.8) is 0 Å². The van der Waals surface area contributed by atoms with Crippen LogP contribution in [0.15, 0.2) is 61.1 Å². The van der Waals surface area contributed by atoms with E-state index in [1.807, 2.05) is 36.5 Å². The molecule has 0 spiro atoms. The highest BCUT2D eigenvalue weighted by Crippen LogP contribution is 2.29. The number of nitrogens with zero attached hydrogens (tertiary/aromatic N) is 4. The van der Waals surface area contributed by atoms with Crippen molar-refractivity contribution >= 4 is 23.4 Å². The van der Waals surface area contributed by atoms with Gasteiger partial charge < -0.3 is 26.2 Å². The molecule has 0 saturated carbocycles. The highest BCUT2D eigenvalue weighted by molar-refractivity contribution is 5.97. The van der Waals surface area contributed by atoms with Crippen molar-refractivity contribution in [2.24, 2.45) is 0 Å². The molecule has 0 atom stereocenters. The molecule has 1 amide bonds. The van der Waals surface area contributed by atoms with E-state index in [9.17, 15) is 15.0 Å². The van der Waals surface area contributed by atoms with Gasteiger partial charge >= 0.3 is 0 Å². The number of fused-ring (bicyclic) bond motifs is 1. The highest BCUT2D eigenvalue weighted by atomic mass is 16.3. The summed E-state index contributed by atoms with van der Waals surface area (Å²) in [5.74, 6) is 1.22. The van der Waals surface area contributed by atoms with Crippen LogP contribution in [0, 0.1) is 0 Å². The molecule has 1 aliphatic rings. The van der Waals surface area contributed by atoms with Crippen molar-refractivity contribution in [2.75, 3.05) is 23.7 Å². The fraction of sp³-hybridized carbons (Fsp3) is 0.286. The lowest BCUT2D eigenvalue weighted by Gasteiger charge is -2.18. The van der Waals surface area contributed by atoms with E-state index in [1.54, 1.807) is 43.1 Å². The molecule has 2 aromatic carbocycles. The van der Waals surface area contributed by atoms with Crippen LogP contribution in [0.2, 0.25) is 0 Å². The van der Waals surface area contributed by atoms with E-state index >= 15 is 0 Å². The van der Waals surface area contributed by atoms with Crippen LogP contribution < -0.4 is 16.0 Å². The number of phenols is 1. The number of phenolic OH excluding ortho intramolecular Hbond substituents is 1. The van der Waals surface area contributed by atoms with Crippen molar-refractivity contribution in [3.8, 4) is 16.9 Å². The molecule has 2 aromatic heterocycles. The fourth-order valence-corrected chi connectivity index (χ4v) is 4.45. The number of aromatic hydroxyl groups is 1. The van der Waals surface area contributed by atoms with Gasteiger partial charge in [-0.3, -0.25) is 9.48 Å². The first-order valence-corrected chi connectivity index (χ1v) is 12.6. The number of amides is 1. The predicted molar refractivity (Wildman–Crippen MR) is 146 cm³/mol. The van der Waals surface area contributed by atoms with Crippen LogP contribution in [-0.2, 0) is 19.4 Å². The summed E-state index contributed by atoms with van der Waals surface area (Å²) in [5, 5.41) is 34.2. The van der Waals surface area contributed by atoms with Crippen LogP contribution in [-0.4, -0.2) is 54.6 Å². The predicted octanol–water partition coefficient (Wildman–Crippen LogP) is 3.50. The highest BCUT2D eigenvalue weighted by Gasteiger charge is 2.18. The van der Waals surface area contributed by atoms with Crippen molar-refractivity contribution in [1.29, 1.82) is 0 Å². The minimum absolute atomic E-state index is 0.0560. The second-order valence-electron chi connectivity index (χ2n) is 10.0. The molecular formula is C28H31N7O3. The van der Waals surface area contributed by atoms with E-state index in [0.29, 0.717) is 43.4 Å². The number of nitrogens with one attached hydrogen (secondary N) is 3. The Kier molecular flexibility index (Phi) is 6.97. The van der Waals surface area contributed by atoms with E-state index in [1.165, 1.54) is 0 Å². The number of carbonyl (C=O) groups excluding carboxylic acids is 1. The van der Waals surface area contributed by atoms with Crippen LogP contribution >= 0.6 is 0 Å². The number of anilines is 3. The van der Waals surface area contributed by atoms with Gasteiger partial charge in [-0.05, 0) is 62.1 Å². The fourth-order valence-electron chi connectivity index (χ4n) is 4.45. The second-order valence-corrected chi connectivity index (χ2v) is 10.0. The van der Waals surface area contributed by atoms with Gasteiger partial charge in [0.05, 0.1) is 18.3 Å². The Morgan fingerprint density at radius 1 is 1.13 bits per heavy atom. The summed E-state index contributed by atoms with van der Waals surface area (Å²) in [7, 11) is 0. The molecule has 1 aliphatic heterocycles. The zero-order chi connectivity index (χ0) is 26.7. The van der Waals surface area contributed by atoms with Gasteiger partial charge in [-0.15, -0.1) is 0 Å². The third kappa shape index (κ3) is 5.92. The molecule has 3 heterocycles. The number of aliphatic hydroxyl groups is 1. The summed E-state index contributed by atoms with van der Waals surface area (Å²) in [5.41, 5.74) is 3.97. The molecular weight excluding hydrogens is 482 g/mol. The van der Waals surface area contributed by atoms with Crippen molar-refractivity contribution in [2.45, 2.75) is 38.8 Å². The number of carbonyl (C=O) groups is 1. The molecule has 5 rings (SSSR count). The molecule has 0 aliphatic carbocycles. The molecule has 4 aromatic rings. The lowest BCUT2D eigenvalue weighted by molar-refractivity contribution is 0.0577. The minimum atomic E-state index is -0.901. The first-order valence-electron chi connectivity index (χ1n) is 12.6. The van der Waals surface area contributed by atoms with E-state index in [4.69, 9.17) is 4.98 Å². The zero-order valence-electron chi connectivity index (χ0n) is 21.4. The van der Waals surface area contributed by atoms with Gasteiger partial charge in [-0.2, -0.15) is 10.1 Å². The Morgan fingerprint density at radius 2 is 1.97 bits per heavy atom. The Labute approximate surface area is 220 Å². The summed E-state index contributed by atoms with van der Waals surface area (Å²) >= 11 is 0. The third-order valence-corrected chi connectivity index (χ3v) is 6.25. The normalized spacial score (nSPS) is 13.1. The van der Waals surface area contributed by atoms with Gasteiger partial charge in [-0.1, -0.05) is 18.2 Å². The number of benzene rings is 2. The summed E-state index contributed by atoms with van der Waals surface area (Å²) in [4.78, 5) is 21.4. The molecule has 10 nitrogen and oxygen atoms in total. The molecule has 0 bridgehead atoms. The van der Waals surface area contributed by atoms with Gasteiger partial charge in [0.1, 0.15) is 11.6 Å². The summed E-state index contributed by atoms with van der Waals surface area (Å²) < 4.78 is 1.69. The molecule has 38 heavy (non-hydrogen) atoms. The summed E-state index contributed by atoms with van der Waals surface area (Å²) in [6.45, 7) is 4.97. The number of hydrogen-bond donors (Lipinski definition) is 5. The van der Waals surface area contributed by atoms with Crippen LogP contribution in [0.4, 0.5) is 17.5 Å². The van der Waals surface area contributed by atoms with Crippen molar-refractivity contribution < 1.29 is 15.0 Å². The Morgan fingerprint density at radius 3 is 2.79 bits per heavy atom. The van der Waals surface area contributed by atoms with E-state index in [2.05, 4.69) is 26.0 Å². The SMILES string of the molecule is CC(C)(O)Cn1cc(-c2cnc(Nc3ccc4c(c3)CCNC4=O)nc2NCCc2ccccc2O)cn1. The zero-order valence-corrected chi connectivity index (χ0v) is 21.4. The molecule has 0 saturated heterocycles. The molecule has 0 radical (unpaired) electrons. The molecule has 10 heteroatoms. The molecule has 5 N–H and O–H groups in total. The maximum atomic E-state index is 12.1. The maximum absolute atomic E-state index is 12.1. The quantitative estimate of drug-likeness (QED) is 0.229. The molecule has 0 fully saturated rings. The van der Waals surface area contributed by atoms with E-state index < -0.39 is 5.60 Å². The van der Waals surface area contributed by atoms with Crippen LogP contribution in [0.25, 0.3) is 11.1 Å². The number of aromatic nitrogens is 4. The number of hydrogen-bond acceptors (Lipinski definition) is 8. The first-order chi connectivity index (χ1) is 18.2. The Hall–Kier alpha value is -4.44. The van der Waals surface area contributed by atoms with Crippen LogP contribution in [0.3, 0.4) is 0 Å². The van der Waals surface area contributed by atoms with Gasteiger partial charge in [0.25, 0.3) is 5.91 Å². The standard InChI is InChI=1S/C28H31N7O3/c1-28(2,38)17-35-16-20(14-32-35)23-15-31-27(33-21-7-8-22-19(13-21)10-12-30-26(22)37)34-25(23)29-11-9-18-5-3-4-6-24(18)36/h3-8,13-16,36,38H,9-12,17H2,1-2H3,(H,30,37)(H2,29,31,33,34). The van der Waals surface area contributed by atoms with Gasteiger partial charge in [-0.25, -0.2) is 4.98 Å². The molecule has 0 unspecified atom stereocenters. The van der Waals surface area contributed by atoms with Crippen LogP contribution in [0.5, 0.6) is 5.75 Å². The van der Waals surface area contributed by atoms with Gasteiger partial charge in [0.2, 0.25) is 5.95 Å². The number of para-hydroxylation sites is 1. The topological polar surface area (TPSA) is 137 Å². The van der Waals surface area contributed by atoms with E-state index in [0.717, 1.165) is 34.4 Å². The summed E-state index contributed by atoms with van der Waals surface area (Å²) in [6, 6.07) is 12.9. The second kappa shape index (κ2) is 10.5. The van der Waals surface area contributed by atoms with Gasteiger partial charge in [0, 0.05) is 47.9 Å². The average Bonchev–Trinajstić information content (AvgIpc) is 3.32. The monoisotopic (exact) mass is 513 g/mol. The van der Waals surface area contributed by atoms with E-state index in [-0.39, 0.29) is 11.7 Å². The largest absolute Gasteiger partial charge is 0.508 e. The summed E-state index contributed by atoms with van der Waals surface area (Å²) in [6.07, 6.45) is 6.68. The lowest BCUT2D eigenvalue weighted by atomic mass is 10.00. The first kappa shape index (κ1) is 25.2. The van der Waals surface area contributed by atoms with Crippen molar-refractivity contribution in [1.82, 2.24) is 25.1 Å². The maximum Gasteiger partial charge on any atom is 0.251 e. The average molecular weight is 514 g/mol. The Bertz CT molecular complexity index is 1460. The third-order valence-electron chi connectivity index (χ3n) is 6.25. The Balaban J connectivity index is 1.40. The van der Waals surface area contributed by atoms with Gasteiger partial charge in [0.15, 0.2) is 0 Å². The lowest BCUT2D eigenvalue weighted by Crippen LogP contribution is -2.31.